The van der Waals surface area contributed by atoms with Crippen LogP contribution in [-0.2, 0) is 10.5 Å². The Morgan fingerprint density at radius 2 is 2.19 bits per heavy atom. The molecule has 0 radical (unpaired) electrons. The maximum Gasteiger partial charge on any atom is 0.237 e. The Hall–Kier alpha value is -1.44. The van der Waals surface area contributed by atoms with Crippen LogP contribution < -0.4 is 0 Å². The molecule has 110 valence electrons. The van der Waals surface area contributed by atoms with Crippen LogP contribution >= 0.6 is 23.1 Å². The zero-order chi connectivity index (χ0) is 14.7. The molecule has 3 rings (SSSR count). The van der Waals surface area contributed by atoms with Crippen LogP contribution in [0.25, 0.3) is 10.2 Å². The van der Waals surface area contributed by atoms with E-state index in [1.54, 1.807) is 23.1 Å². The Balaban J connectivity index is 1.64. The van der Waals surface area contributed by atoms with Crippen molar-refractivity contribution >= 4 is 33.3 Å². The van der Waals surface area contributed by atoms with Gasteiger partial charge < -0.3 is 9.26 Å². The average molecular weight is 321 g/mol. The molecule has 0 N–H and O–H groups in total. The molecule has 0 amide bonds. The van der Waals surface area contributed by atoms with Gasteiger partial charge in [-0.25, -0.2) is 4.98 Å². The number of benzene rings is 1. The van der Waals surface area contributed by atoms with E-state index in [1.807, 2.05) is 32.0 Å². The summed E-state index contributed by atoms with van der Waals surface area (Å²) in [5, 5.41) is 3.95. The van der Waals surface area contributed by atoms with E-state index in [0.717, 1.165) is 9.86 Å². The van der Waals surface area contributed by atoms with E-state index < -0.39 is 0 Å². The number of thioether (sulfide) groups is 1. The predicted molar refractivity (Wildman–Crippen MR) is 83.5 cm³/mol. The lowest BCUT2D eigenvalue weighted by Gasteiger charge is -2.04. The average Bonchev–Trinajstić information content (AvgIpc) is 3.11. The van der Waals surface area contributed by atoms with Crippen molar-refractivity contribution in [2.24, 2.45) is 0 Å². The van der Waals surface area contributed by atoms with Crippen molar-refractivity contribution in [1.29, 1.82) is 0 Å². The first-order valence-corrected chi connectivity index (χ1v) is 8.49. The number of para-hydroxylation sites is 1. The first-order chi connectivity index (χ1) is 10.3. The molecule has 1 unspecified atom stereocenters. The molecule has 1 atom stereocenters. The maximum absolute atomic E-state index is 5.44. The summed E-state index contributed by atoms with van der Waals surface area (Å²) >= 11 is 3.28. The van der Waals surface area contributed by atoms with E-state index in [4.69, 9.17) is 9.26 Å². The highest BCUT2D eigenvalue weighted by molar-refractivity contribution is 8.00. The van der Waals surface area contributed by atoms with Crippen LogP contribution in [0.4, 0.5) is 0 Å². The lowest BCUT2D eigenvalue weighted by Crippen LogP contribution is -2.01. The predicted octanol–water partition coefficient (Wildman–Crippen LogP) is 4.07. The Morgan fingerprint density at radius 3 is 3.00 bits per heavy atom. The van der Waals surface area contributed by atoms with Crippen molar-refractivity contribution in [2.75, 3.05) is 6.61 Å². The standard InChI is InChI=1S/C14H15N3O2S2/c1-3-18-9(2)13-16-12(19-17-13)8-20-14-15-10-6-4-5-7-11(10)21-14/h4-7,9H,3,8H2,1-2H3. The van der Waals surface area contributed by atoms with Crippen molar-refractivity contribution in [1.82, 2.24) is 15.1 Å². The van der Waals surface area contributed by atoms with Gasteiger partial charge in [-0.05, 0) is 26.0 Å². The third kappa shape index (κ3) is 3.42. The summed E-state index contributed by atoms with van der Waals surface area (Å²) in [6.07, 6.45) is -0.139. The van der Waals surface area contributed by atoms with Crippen LogP contribution in [-0.4, -0.2) is 21.7 Å². The van der Waals surface area contributed by atoms with Gasteiger partial charge in [0.2, 0.25) is 5.89 Å². The SMILES string of the molecule is CCOC(C)c1noc(CSc2nc3ccccc3s2)n1. The molecule has 2 aromatic heterocycles. The molecule has 0 aliphatic rings. The number of nitrogens with zero attached hydrogens (tertiary/aromatic N) is 3. The molecule has 0 saturated carbocycles. The van der Waals surface area contributed by atoms with Crippen molar-refractivity contribution in [2.45, 2.75) is 30.0 Å². The van der Waals surface area contributed by atoms with Gasteiger partial charge in [-0.3, -0.25) is 0 Å². The zero-order valence-electron chi connectivity index (χ0n) is 11.8. The lowest BCUT2D eigenvalue weighted by atomic mass is 10.3. The molecular weight excluding hydrogens is 306 g/mol. The number of aromatic nitrogens is 3. The van der Waals surface area contributed by atoms with Gasteiger partial charge in [0.15, 0.2) is 10.2 Å². The fourth-order valence-corrected chi connectivity index (χ4v) is 3.76. The Bertz CT molecular complexity index is 693. The molecule has 0 bridgehead atoms. The molecule has 7 heteroatoms. The van der Waals surface area contributed by atoms with Crippen LogP contribution in [0, 0.1) is 0 Å². The molecule has 5 nitrogen and oxygen atoms in total. The molecule has 0 aliphatic carbocycles. The summed E-state index contributed by atoms with van der Waals surface area (Å²) < 4.78 is 12.9. The van der Waals surface area contributed by atoms with Gasteiger partial charge in [-0.2, -0.15) is 4.98 Å². The number of hydrogen-bond donors (Lipinski definition) is 0. The quantitative estimate of drug-likeness (QED) is 0.638. The third-order valence-electron chi connectivity index (χ3n) is 2.86. The minimum absolute atomic E-state index is 0.139. The van der Waals surface area contributed by atoms with E-state index in [-0.39, 0.29) is 6.10 Å². The second-order valence-corrected chi connectivity index (χ2v) is 6.63. The van der Waals surface area contributed by atoms with Crippen molar-refractivity contribution in [3.63, 3.8) is 0 Å². The summed E-state index contributed by atoms with van der Waals surface area (Å²) in [4.78, 5) is 8.92. The van der Waals surface area contributed by atoms with E-state index in [2.05, 4.69) is 21.2 Å². The fraction of sp³-hybridized carbons (Fsp3) is 0.357. The highest BCUT2D eigenvalue weighted by atomic mass is 32.2. The normalized spacial score (nSPS) is 12.9. The van der Waals surface area contributed by atoms with E-state index in [1.165, 1.54) is 4.70 Å². The number of thiazole rings is 1. The van der Waals surface area contributed by atoms with Crippen LogP contribution in [0.5, 0.6) is 0 Å². The molecule has 0 spiro atoms. The minimum atomic E-state index is -0.139. The fourth-order valence-electron chi connectivity index (χ4n) is 1.85. The van der Waals surface area contributed by atoms with Crippen LogP contribution in [0.2, 0.25) is 0 Å². The van der Waals surface area contributed by atoms with Gasteiger partial charge in [0.1, 0.15) is 6.10 Å². The largest absolute Gasteiger partial charge is 0.371 e. The van der Waals surface area contributed by atoms with E-state index in [9.17, 15) is 0 Å². The molecule has 3 aromatic rings. The number of fused-ring (bicyclic) bond motifs is 1. The van der Waals surface area contributed by atoms with Gasteiger partial charge >= 0.3 is 0 Å². The van der Waals surface area contributed by atoms with Gasteiger partial charge in [-0.15, -0.1) is 11.3 Å². The van der Waals surface area contributed by atoms with Crippen molar-refractivity contribution < 1.29 is 9.26 Å². The molecule has 2 heterocycles. The summed E-state index contributed by atoms with van der Waals surface area (Å²) in [5.41, 5.74) is 1.03. The molecular formula is C14H15N3O2S2. The Kier molecular flexibility index (Phi) is 4.52. The number of ether oxygens (including phenoxy) is 1. The topological polar surface area (TPSA) is 61.0 Å². The van der Waals surface area contributed by atoms with Crippen molar-refractivity contribution in [3.8, 4) is 0 Å². The third-order valence-corrected chi connectivity index (χ3v) is 5.02. The summed E-state index contributed by atoms with van der Waals surface area (Å²) in [6, 6.07) is 8.11. The minimum Gasteiger partial charge on any atom is -0.371 e. The Labute approximate surface area is 130 Å². The number of rotatable bonds is 6. The van der Waals surface area contributed by atoms with Gasteiger partial charge in [0.25, 0.3) is 0 Å². The maximum atomic E-state index is 5.44. The van der Waals surface area contributed by atoms with Gasteiger partial charge in [0.05, 0.1) is 16.0 Å². The summed E-state index contributed by atoms with van der Waals surface area (Å²) in [6.45, 7) is 4.49. The molecule has 0 aliphatic heterocycles. The van der Waals surface area contributed by atoms with Crippen LogP contribution in [0.3, 0.4) is 0 Å². The molecule has 21 heavy (non-hydrogen) atoms. The summed E-state index contributed by atoms with van der Waals surface area (Å²) in [5.74, 6) is 1.81. The second kappa shape index (κ2) is 6.55. The first-order valence-electron chi connectivity index (χ1n) is 6.68. The summed E-state index contributed by atoms with van der Waals surface area (Å²) in [7, 11) is 0. The zero-order valence-corrected chi connectivity index (χ0v) is 13.4. The smallest absolute Gasteiger partial charge is 0.237 e. The molecule has 1 aromatic carbocycles. The lowest BCUT2D eigenvalue weighted by molar-refractivity contribution is 0.0683. The monoisotopic (exact) mass is 321 g/mol. The highest BCUT2D eigenvalue weighted by Gasteiger charge is 2.14. The van der Waals surface area contributed by atoms with E-state index in [0.29, 0.717) is 24.1 Å². The number of hydrogen-bond acceptors (Lipinski definition) is 7. The first kappa shape index (κ1) is 14.5. The van der Waals surface area contributed by atoms with Crippen LogP contribution in [0.1, 0.15) is 31.7 Å². The highest BCUT2D eigenvalue weighted by Crippen LogP contribution is 2.31. The second-order valence-electron chi connectivity index (χ2n) is 4.38. The van der Waals surface area contributed by atoms with Crippen molar-refractivity contribution in [3.05, 3.63) is 36.0 Å². The molecule has 0 saturated heterocycles. The van der Waals surface area contributed by atoms with Gasteiger partial charge in [0, 0.05) is 6.61 Å². The van der Waals surface area contributed by atoms with Gasteiger partial charge in [-0.1, -0.05) is 29.1 Å². The van der Waals surface area contributed by atoms with E-state index >= 15 is 0 Å². The van der Waals surface area contributed by atoms with Crippen LogP contribution in [0.15, 0.2) is 33.1 Å². The Morgan fingerprint density at radius 1 is 1.33 bits per heavy atom. The molecule has 0 fully saturated rings.